The fraction of sp³-hybridized carbons (Fsp3) is 0.600. The van der Waals surface area contributed by atoms with Gasteiger partial charge >= 0.3 is 0 Å². The van der Waals surface area contributed by atoms with Crippen LogP contribution in [0.5, 0.6) is 5.75 Å². The molecule has 0 spiro atoms. The van der Waals surface area contributed by atoms with Crippen LogP contribution in [0.15, 0.2) is 24.3 Å². The van der Waals surface area contributed by atoms with Crippen molar-refractivity contribution in [1.82, 2.24) is 0 Å². The predicted octanol–water partition coefficient (Wildman–Crippen LogP) is 3.92. The van der Waals surface area contributed by atoms with E-state index in [1.807, 2.05) is 18.2 Å². The van der Waals surface area contributed by atoms with Crippen molar-refractivity contribution < 1.29 is 9.84 Å². The first-order chi connectivity index (χ1) is 8.24. The van der Waals surface area contributed by atoms with Crippen molar-refractivity contribution in [3.05, 3.63) is 29.8 Å². The van der Waals surface area contributed by atoms with Gasteiger partial charge in [0.25, 0.3) is 0 Å². The van der Waals surface area contributed by atoms with Crippen LogP contribution in [0.1, 0.15) is 51.5 Å². The number of rotatable bonds is 8. The van der Waals surface area contributed by atoms with Gasteiger partial charge in [-0.1, -0.05) is 50.8 Å². The van der Waals surface area contributed by atoms with Crippen LogP contribution >= 0.6 is 0 Å². The molecule has 1 N–H and O–H groups in total. The Bertz CT molecular complexity index is 308. The lowest BCUT2D eigenvalue weighted by Crippen LogP contribution is -2.10. The number of aliphatic hydroxyl groups excluding tert-OH is 1. The first kappa shape index (κ1) is 14.0. The van der Waals surface area contributed by atoms with Gasteiger partial charge in [-0.05, 0) is 31.4 Å². The molecule has 0 aliphatic rings. The predicted molar refractivity (Wildman–Crippen MR) is 71.2 cm³/mol. The molecule has 0 heterocycles. The molecule has 0 amide bonds. The van der Waals surface area contributed by atoms with E-state index in [0.717, 1.165) is 12.2 Å². The van der Waals surface area contributed by atoms with E-state index in [1.165, 1.54) is 37.7 Å². The van der Waals surface area contributed by atoms with Gasteiger partial charge < -0.3 is 9.84 Å². The van der Waals surface area contributed by atoms with E-state index in [1.54, 1.807) is 6.92 Å². The highest BCUT2D eigenvalue weighted by atomic mass is 16.6. The molecule has 1 aromatic carbocycles. The van der Waals surface area contributed by atoms with Gasteiger partial charge in [0, 0.05) is 0 Å². The second-order valence-electron chi connectivity index (χ2n) is 4.49. The van der Waals surface area contributed by atoms with Crippen LogP contribution in [0.3, 0.4) is 0 Å². The molecule has 2 nitrogen and oxygen atoms in total. The second-order valence-corrected chi connectivity index (χ2v) is 4.49. The molecule has 1 unspecified atom stereocenters. The van der Waals surface area contributed by atoms with Crippen molar-refractivity contribution in [2.75, 3.05) is 0 Å². The SMILES string of the molecule is CCCCCCCc1ccccc1OC(C)O. The first-order valence-electron chi connectivity index (χ1n) is 6.66. The van der Waals surface area contributed by atoms with E-state index in [4.69, 9.17) is 4.74 Å². The zero-order valence-corrected chi connectivity index (χ0v) is 11.0. The molecule has 96 valence electrons. The summed E-state index contributed by atoms with van der Waals surface area (Å²) in [6.45, 7) is 3.86. The third-order valence-corrected chi connectivity index (χ3v) is 2.82. The van der Waals surface area contributed by atoms with Gasteiger partial charge in [-0.2, -0.15) is 0 Å². The van der Waals surface area contributed by atoms with Crippen molar-refractivity contribution in [1.29, 1.82) is 0 Å². The number of unbranched alkanes of at least 4 members (excludes halogenated alkanes) is 4. The van der Waals surface area contributed by atoms with Gasteiger partial charge in [0.15, 0.2) is 6.29 Å². The molecule has 1 atom stereocenters. The van der Waals surface area contributed by atoms with Crippen molar-refractivity contribution in [2.45, 2.75) is 58.7 Å². The highest BCUT2D eigenvalue weighted by Crippen LogP contribution is 2.21. The molecule has 2 heteroatoms. The monoisotopic (exact) mass is 236 g/mol. The molecule has 0 aliphatic carbocycles. The largest absolute Gasteiger partial charge is 0.465 e. The minimum Gasteiger partial charge on any atom is -0.465 e. The van der Waals surface area contributed by atoms with Crippen LogP contribution in [0.4, 0.5) is 0 Å². The number of hydrogen-bond acceptors (Lipinski definition) is 2. The van der Waals surface area contributed by atoms with Crippen LogP contribution < -0.4 is 4.74 Å². The Kier molecular flexibility index (Phi) is 6.71. The lowest BCUT2D eigenvalue weighted by Gasteiger charge is -2.13. The Hall–Kier alpha value is -1.02. The molecule has 0 aromatic heterocycles. The van der Waals surface area contributed by atoms with Gasteiger partial charge in [-0.3, -0.25) is 0 Å². The minimum absolute atomic E-state index is 0.740. The van der Waals surface area contributed by atoms with Crippen molar-refractivity contribution in [3.63, 3.8) is 0 Å². The highest BCUT2D eigenvalue weighted by Gasteiger charge is 2.04. The van der Waals surface area contributed by atoms with Crippen LogP contribution in [-0.4, -0.2) is 11.4 Å². The lowest BCUT2D eigenvalue weighted by molar-refractivity contribution is -0.00101. The Morgan fingerprint density at radius 3 is 2.53 bits per heavy atom. The van der Waals surface area contributed by atoms with E-state index in [2.05, 4.69) is 13.0 Å². The Balaban J connectivity index is 2.40. The third-order valence-electron chi connectivity index (χ3n) is 2.82. The molecule has 0 bridgehead atoms. The summed E-state index contributed by atoms with van der Waals surface area (Å²) in [5.74, 6) is 0.818. The summed E-state index contributed by atoms with van der Waals surface area (Å²) in [4.78, 5) is 0. The van der Waals surface area contributed by atoms with E-state index in [9.17, 15) is 5.11 Å². The Morgan fingerprint density at radius 2 is 1.82 bits per heavy atom. The molecule has 0 radical (unpaired) electrons. The van der Waals surface area contributed by atoms with Gasteiger partial charge in [0.05, 0.1) is 0 Å². The van der Waals surface area contributed by atoms with Crippen molar-refractivity contribution in [2.24, 2.45) is 0 Å². The van der Waals surface area contributed by atoms with E-state index in [-0.39, 0.29) is 0 Å². The van der Waals surface area contributed by atoms with Crippen LogP contribution in [0.2, 0.25) is 0 Å². The standard InChI is InChI=1S/C15H24O2/c1-3-4-5-6-7-10-14-11-8-9-12-15(14)17-13(2)16/h8-9,11-13,16H,3-7,10H2,1-2H3. The van der Waals surface area contributed by atoms with E-state index < -0.39 is 6.29 Å². The number of aryl methyl sites for hydroxylation is 1. The fourth-order valence-corrected chi connectivity index (χ4v) is 1.93. The van der Waals surface area contributed by atoms with E-state index >= 15 is 0 Å². The number of aliphatic hydroxyl groups is 1. The van der Waals surface area contributed by atoms with Gasteiger partial charge in [0.2, 0.25) is 0 Å². The van der Waals surface area contributed by atoms with Gasteiger partial charge in [-0.25, -0.2) is 0 Å². The smallest absolute Gasteiger partial charge is 0.194 e. The summed E-state index contributed by atoms with van der Waals surface area (Å²) in [5, 5.41) is 9.25. The van der Waals surface area contributed by atoms with E-state index in [0.29, 0.717) is 0 Å². The summed E-state index contributed by atoms with van der Waals surface area (Å²) in [5.41, 5.74) is 1.20. The fourth-order valence-electron chi connectivity index (χ4n) is 1.93. The molecule has 0 aliphatic heterocycles. The number of ether oxygens (including phenoxy) is 1. The van der Waals surface area contributed by atoms with Crippen LogP contribution in [0, 0.1) is 0 Å². The molecule has 0 fully saturated rings. The molecule has 0 saturated carbocycles. The zero-order chi connectivity index (χ0) is 12.5. The Labute approximate surface area is 105 Å². The van der Waals surface area contributed by atoms with Crippen LogP contribution in [-0.2, 0) is 6.42 Å². The zero-order valence-electron chi connectivity index (χ0n) is 11.0. The topological polar surface area (TPSA) is 29.5 Å². The van der Waals surface area contributed by atoms with Crippen molar-refractivity contribution >= 4 is 0 Å². The maximum Gasteiger partial charge on any atom is 0.194 e. The normalized spacial score (nSPS) is 12.4. The maximum absolute atomic E-state index is 9.25. The second kappa shape index (κ2) is 8.13. The summed E-state index contributed by atoms with van der Waals surface area (Å²) in [7, 11) is 0. The number of hydrogen-bond donors (Lipinski definition) is 1. The molecule has 1 rings (SSSR count). The lowest BCUT2D eigenvalue weighted by atomic mass is 10.0. The maximum atomic E-state index is 9.25. The average molecular weight is 236 g/mol. The van der Waals surface area contributed by atoms with Crippen molar-refractivity contribution in [3.8, 4) is 5.75 Å². The molecular weight excluding hydrogens is 212 g/mol. The number of benzene rings is 1. The quantitative estimate of drug-likeness (QED) is 0.547. The molecule has 0 saturated heterocycles. The molecule has 1 aromatic rings. The third kappa shape index (κ3) is 5.73. The average Bonchev–Trinajstić information content (AvgIpc) is 2.30. The van der Waals surface area contributed by atoms with Gasteiger partial charge in [0.1, 0.15) is 5.75 Å². The summed E-state index contributed by atoms with van der Waals surface area (Å²) in [6.07, 6.45) is 6.68. The molecular formula is C15H24O2. The first-order valence-corrected chi connectivity index (χ1v) is 6.66. The minimum atomic E-state index is -0.740. The Morgan fingerprint density at radius 1 is 1.12 bits per heavy atom. The number of para-hydroxylation sites is 1. The summed E-state index contributed by atoms with van der Waals surface area (Å²) >= 11 is 0. The molecule has 17 heavy (non-hydrogen) atoms. The summed E-state index contributed by atoms with van der Waals surface area (Å²) in [6, 6.07) is 7.97. The summed E-state index contributed by atoms with van der Waals surface area (Å²) < 4.78 is 5.38. The highest BCUT2D eigenvalue weighted by molar-refractivity contribution is 5.33. The van der Waals surface area contributed by atoms with Gasteiger partial charge in [-0.15, -0.1) is 0 Å². The van der Waals surface area contributed by atoms with Crippen LogP contribution in [0.25, 0.3) is 0 Å².